The Balaban J connectivity index is 1.79. The maximum Gasteiger partial charge on any atom is 0.148 e. The summed E-state index contributed by atoms with van der Waals surface area (Å²) in [5.41, 5.74) is 7.75. The number of H-pyrrole nitrogens is 1. The van der Waals surface area contributed by atoms with E-state index in [1.165, 1.54) is 15.8 Å². The highest BCUT2D eigenvalue weighted by molar-refractivity contribution is 5.75. The number of aryl methyl sites for hydroxylation is 1. The number of aromatic amines is 1. The summed E-state index contributed by atoms with van der Waals surface area (Å²) in [4.78, 5) is 0. The largest absolute Gasteiger partial charge is 0.315 e. The Bertz CT molecular complexity index is 1070. The molecule has 0 saturated carbocycles. The highest BCUT2D eigenvalue weighted by atomic mass is 15.3. The molecule has 1 saturated heterocycles. The molecule has 0 aliphatic carbocycles. The first kappa shape index (κ1) is 18.4. The van der Waals surface area contributed by atoms with Crippen molar-refractivity contribution in [1.82, 2.24) is 20.2 Å². The molecule has 6 heteroatoms. The molecule has 4 rings (SSSR count). The van der Waals surface area contributed by atoms with E-state index in [1.807, 2.05) is 19.2 Å². The third-order valence-electron chi connectivity index (χ3n) is 5.50. The minimum Gasteiger partial charge on any atom is -0.315 e. The third kappa shape index (κ3) is 3.10. The van der Waals surface area contributed by atoms with Crippen molar-refractivity contribution in [2.75, 3.05) is 13.1 Å². The van der Waals surface area contributed by atoms with E-state index in [4.69, 9.17) is 5.41 Å². The molecule has 0 atom stereocenters. The summed E-state index contributed by atoms with van der Waals surface area (Å²) in [6.45, 7) is 12.0. The van der Waals surface area contributed by atoms with Gasteiger partial charge in [-0.15, -0.1) is 0 Å². The summed E-state index contributed by atoms with van der Waals surface area (Å²) in [5.74, 6) is 0.921. The van der Waals surface area contributed by atoms with E-state index in [9.17, 15) is 0 Å². The van der Waals surface area contributed by atoms with E-state index >= 15 is 0 Å². The molecular weight excluding hydrogens is 348 g/mol. The zero-order valence-electron chi connectivity index (χ0n) is 16.6. The molecule has 144 valence electrons. The van der Waals surface area contributed by atoms with Gasteiger partial charge < -0.3 is 5.32 Å². The third-order valence-corrected chi connectivity index (χ3v) is 5.50. The summed E-state index contributed by atoms with van der Waals surface area (Å²) in [6.07, 6.45) is 1.82. The van der Waals surface area contributed by atoms with Crippen LogP contribution in [0.2, 0.25) is 0 Å². The highest BCUT2D eigenvalue weighted by Crippen LogP contribution is 2.36. The fourth-order valence-electron chi connectivity index (χ4n) is 3.76. The normalized spacial score (nSPS) is 14.3. The standard InChI is InChI=1S/C22H26N6/c1-13(2)19-20(16-7-5-15(6-8-16)18-10-25-11-18)26-27-21(19)17-9-14(3)22(23)28(12-17)24-4/h5-9,12-13,18,23,25H,4,10-11H2,1-3H3,(H,26,27). The van der Waals surface area contributed by atoms with Gasteiger partial charge >= 0.3 is 0 Å². The van der Waals surface area contributed by atoms with Gasteiger partial charge in [0.25, 0.3) is 0 Å². The number of nitrogens with one attached hydrogen (secondary N) is 3. The predicted molar refractivity (Wildman–Crippen MR) is 113 cm³/mol. The molecule has 0 unspecified atom stereocenters. The lowest BCUT2D eigenvalue weighted by atomic mass is 9.90. The van der Waals surface area contributed by atoms with Crippen molar-refractivity contribution in [3.05, 3.63) is 58.7 Å². The molecule has 0 amide bonds. The van der Waals surface area contributed by atoms with Gasteiger partial charge in [0.2, 0.25) is 0 Å². The van der Waals surface area contributed by atoms with Crippen LogP contribution in [0.5, 0.6) is 0 Å². The van der Waals surface area contributed by atoms with Crippen LogP contribution in [0.25, 0.3) is 22.5 Å². The number of rotatable bonds is 5. The molecule has 2 aromatic heterocycles. The fraction of sp³-hybridized carbons (Fsp3) is 0.318. The van der Waals surface area contributed by atoms with Crippen LogP contribution >= 0.6 is 0 Å². The summed E-state index contributed by atoms with van der Waals surface area (Å²) in [5, 5.41) is 23.3. The number of hydrogen-bond donors (Lipinski definition) is 3. The predicted octanol–water partition coefficient (Wildman–Crippen LogP) is 3.61. The first-order chi connectivity index (χ1) is 13.5. The average molecular weight is 374 g/mol. The Morgan fingerprint density at radius 1 is 1.21 bits per heavy atom. The van der Waals surface area contributed by atoms with Gasteiger partial charge in [0.15, 0.2) is 0 Å². The minimum absolute atomic E-state index is 0.292. The molecule has 1 fully saturated rings. The van der Waals surface area contributed by atoms with Crippen LogP contribution < -0.4 is 10.8 Å². The van der Waals surface area contributed by atoms with Crippen LogP contribution in [0, 0.1) is 12.3 Å². The van der Waals surface area contributed by atoms with Crippen molar-refractivity contribution in [2.24, 2.45) is 5.10 Å². The number of pyridine rings is 1. The van der Waals surface area contributed by atoms with E-state index in [0.29, 0.717) is 17.3 Å². The van der Waals surface area contributed by atoms with Crippen molar-refractivity contribution in [3.63, 3.8) is 0 Å². The van der Waals surface area contributed by atoms with Crippen LogP contribution in [0.15, 0.2) is 41.6 Å². The molecule has 0 bridgehead atoms. The second-order valence-corrected chi connectivity index (χ2v) is 7.74. The Morgan fingerprint density at radius 3 is 2.50 bits per heavy atom. The van der Waals surface area contributed by atoms with Crippen molar-refractivity contribution in [2.45, 2.75) is 32.6 Å². The zero-order chi connectivity index (χ0) is 19.8. The van der Waals surface area contributed by atoms with Crippen LogP contribution in [0.4, 0.5) is 0 Å². The first-order valence-electron chi connectivity index (χ1n) is 9.64. The second-order valence-electron chi connectivity index (χ2n) is 7.74. The van der Waals surface area contributed by atoms with Gasteiger partial charge in [0, 0.05) is 43.0 Å². The second kappa shape index (κ2) is 7.20. The lowest BCUT2D eigenvalue weighted by molar-refractivity contribution is 0.448. The molecule has 3 aromatic rings. The molecule has 28 heavy (non-hydrogen) atoms. The van der Waals surface area contributed by atoms with Gasteiger partial charge in [-0.25, -0.2) is 4.68 Å². The average Bonchev–Trinajstić information content (AvgIpc) is 3.08. The Hall–Kier alpha value is -2.99. The monoisotopic (exact) mass is 374 g/mol. The lowest BCUT2D eigenvalue weighted by Gasteiger charge is -2.27. The zero-order valence-corrected chi connectivity index (χ0v) is 16.6. The highest BCUT2D eigenvalue weighted by Gasteiger charge is 2.21. The van der Waals surface area contributed by atoms with Gasteiger partial charge in [-0.05, 0) is 35.6 Å². The lowest BCUT2D eigenvalue weighted by Crippen LogP contribution is -2.39. The molecule has 3 N–H and O–H groups in total. The van der Waals surface area contributed by atoms with Gasteiger partial charge in [0.05, 0.1) is 11.4 Å². The van der Waals surface area contributed by atoms with E-state index in [1.54, 1.807) is 0 Å². The van der Waals surface area contributed by atoms with Gasteiger partial charge in [-0.3, -0.25) is 10.5 Å². The van der Waals surface area contributed by atoms with Crippen molar-refractivity contribution < 1.29 is 0 Å². The number of hydrogen-bond acceptors (Lipinski definition) is 4. The van der Waals surface area contributed by atoms with E-state index < -0.39 is 0 Å². The van der Waals surface area contributed by atoms with E-state index in [0.717, 1.165) is 41.2 Å². The van der Waals surface area contributed by atoms with Crippen LogP contribution in [0.1, 0.15) is 42.4 Å². The Kier molecular flexibility index (Phi) is 4.73. The smallest absolute Gasteiger partial charge is 0.148 e. The Morgan fingerprint density at radius 2 is 1.93 bits per heavy atom. The summed E-state index contributed by atoms with van der Waals surface area (Å²) < 4.78 is 1.49. The van der Waals surface area contributed by atoms with Gasteiger partial charge in [0.1, 0.15) is 5.49 Å². The molecule has 6 nitrogen and oxygen atoms in total. The number of nitrogens with zero attached hydrogens (tertiary/aromatic N) is 3. The van der Waals surface area contributed by atoms with Crippen molar-refractivity contribution in [3.8, 4) is 22.5 Å². The number of benzene rings is 1. The molecular formula is C22H26N6. The summed E-state index contributed by atoms with van der Waals surface area (Å²) >= 11 is 0. The van der Waals surface area contributed by atoms with E-state index in [-0.39, 0.29) is 0 Å². The molecule has 1 aliphatic rings. The fourth-order valence-corrected chi connectivity index (χ4v) is 3.76. The van der Waals surface area contributed by atoms with Gasteiger partial charge in [-0.2, -0.15) is 10.2 Å². The maximum atomic E-state index is 8.10. The SMILES string of the molecule is C=Nn1cc(-c2n[nH]c(-c3ccc(C4CNC4)cc3)c2C(C)C)cc(C)c1=N. The number of aromatic nitrogens is 3. The van der Waals surface area contributed by atoms with E-state index in [2.05, 4.69) is 65.4 Å². The van der Waals surface area contributed by atoms with Crippen LogP contribution in [-0.2, 0) is 0 Å². The molecule has 0 radical (unpaired) electrons. The van der Waals surface area contributed by atoms with Crippen molar-refractivity contribution in [1.29, 1.82) is 5.41 Å². The molecule has 0 spiro atoms. The van der Waals surface area contributed by atoms with Crippen LogP contribution in [0.3, 0.4) is 0 Å². The Labute approximate surface area is 164 Å². The quantitative estimate of drug-likeness (QED) is 0.596. The minimum atomic E-state index is 0.292. The topological polar surface area (TPSA) is 81.8 Å². The molecule has 3 heterocycles. The van der Waals surface area contributed by atoms with Gasteiger partial charge in [-0.1, -0.05) is 38.1 Å². The summed E-state index contributed by atoms with van der Waals surface area (Å²) in [6, 6.07) is 10.8. The molecule has 1 aromatic carbocycles. The first-order valence-corrected chi connectivity index (χ1v) is 9.64. The van der Waals surface area contributed by atoms with Crippen LogP contribution in [-0.4, -0.2) is 34.7 Å². The summed E-state index contributed by atoms with van der Waals surface area (Å²) in [7, 11) is 0. The maximum absolute atomic E-state index is 8.10. The molecule has 1 aliphatic heterocycles. The van der Waals surface area contributed by atoms with Crippen molar-refractivity contribution >= 4 is 6.72 Å².